The Hall–Kier alpha value is -2.71. The van der Waals surface area contributed by atoms with Gasteiger partial charge in [0.15, 0.2) is 5.69 Å². The molecule has 2 aromatic rings. The van der Waals surface area contributed by atoms with Crippen LogP contribution in [0.1, 0.15) is 82.9 Å². The highest BCUT2D eigenvalue weighted by Crippen LogP contribution is 2.32. The number of likely N-dealkylation sites (tertiary alicyclic amines) is 2. The van der Waals surface area contributed by atoms with Crippen LogP contribution in [-0.4, -0.2) is 82.0 Å². The van der Waals surface area contributed by atoms with E-state index < -0.39 is 0 Å². The van der Waals surface area contributed by atoms with Crippen LogP contribution >= 0.6 is 0 Å². The Balaban J connectivity index is 1.23. The predicted molar refractivity (Wildman–Crippen MR) is 145 cm³/mol. The number of piperidine rings is 2. The van der Waals surface area contributed by atoms with E-state index in [0.29, 0.717) is 31.3 Å². The van der Waals surface area contributed by atoms with E-state index >= 15 is 0 Å². The maximum atomic E-state index is 13.5. The van der Waals surface area contributed by atoms with Crippen LogP contribution in [0.15, 0.2) is 18.2 Å². The van der Waals surface area contributed by atoms with E-state index in [4.69, 9.17) is 14.9 Å². The number of aromatic nitrogens is 2. The second kappa shape index (κ2) is 12.0. The molecular formula is C30H42N4O4. The smallest absolute Gasteiger partial charge is 0.274 e. The van der Waals surface area contributed by atoms with E-state index in [9.17, 15) is 9.59 Å². The van der Waals surface area contributed by atoms with Crippen LogP contribution in [-0.2, 0) is 28.9 Å². The summed E-state index contributed by atoms with van der Waals surface area (Å²) in [5, 5.41) is 13.8. The molecule has 3 heterocycles. The fourth-order valence-electron chi connectivity index (χ4n) is 6.45. The zero-order valence-corrected chi connectivity index (χ0v) is 23.0. The highest BCUT2D eigenvalue weighted by molar-refractivity contribution is 5.94. The molecule has 2 fully saturated rings. The van der Waals surface area contributed by atoms with E-state index in [1.54, 1.807) is 0 Å². The second-order valence-electron chi connectivity index (χ2n) is 11.2. The second-order valence-corrected chi connectivity index (χ2v) is 11.2. The standard InChI is InChI=1S/C30H42N4O4/c1-21-6-5-8-25(22(21)2)23-10-14-32(15-11-23)28(36)20-34-27-9-4-3-7-26(27)29(31-34)30(37)33-16-12-24(13-17-33)38-19-18-35/h5-6,8,23-24,35H,3-4,7,9-20H2,1-2H3. The molecule has 3 aliphatic rings. The van der Waals surface area contributed by atoms with Crippen molar-refractivity contribution < 1.29 is 19.4 Å². The number of aryl methyl sites for hydroxylation is 1. The highest BCUT2D eigenvalue weighted by Gasteiger charge is 2.32. The summed E-state index contributed by atoms with van der Waals surface area (Å²) in [4.78, 5) is 30.7. The molecule has 2 aliphatic heterocycles. The van der Waals surface area contributed by atoms with Gasteiger partial charge in [-0.2, -0.15) is 5.10 Å². The Morgan fingerprint density at radius 2 is 1.71 bits per heavy atom. The van der Waals surface area contributed by atoms with Gasteiger partial charge in [0.1, 0.15) is 6.54 Å². The largest absolute Gasteiger partial charge is 0.394 e. The third-order valence-electron chi connectivity index (χ3n) is 8.85. The predicted octanol–water partition coefficient (Wildman–Crippen LogP) is 3.40. The maximum Gasteiger partial charge on any atom is 0.274 e. The van der Waals surface area contributed by atoms with Crippen LogP contribution in [0, 0.1) is 13.8 Å². The number of amides is 2. The average molecular weight is 523 g/mol. The summed E-state index contributed by atoms with van der Waals surface area (Å²) < 4.78 is 7.49. The van der Waals surface area contributed by atoms with Crippen LogP contribution in [0.4, 0.5) is 0 Å². The van der Waals surface area contributed by atoms with Crippen molar-refractivity contribution >= 4 is 11.8 Å². The molecule has 2 amide bonds. The van der Waals surface area contributed by atoms with Crippen molar-refractivity contribution in [3.8, 4) is 0 Å². The Morgan fingerprint density at radius 1 is 1.00 bits per heavy atom. The lowest BCUT2D eigenvalue weighted by molar-refractivity contribution is -0.133. The monoisotopic (exact) mass is 522 g/mol. The quantitative estimate of drug-likeness (QED) is 0.602. The Morgan fingerprint density at radius 3 is 2.45 bits per heavy atom. The van der Waals surface area contributed by atoms with Crippen molar-refractivity contribution in [2.24, 2.45) is 0 Å². The normalized spacial score (nSPS) is 19.0. The number of fused-ring (bicyclic) bond motifs is 1. The minimum atomic E-state index is -0.0238. The summed E-state index contributed by atoms with van der Waals surface area (Å²) in [6.07, 6.45) is 7.43. The molecule has 1 aromatic carbocycles. The summed E-state index contributed by atoms with van der Waals surface area (Å²) in [5.41, 5.74) is 6.77. The lowest BCUT2D eigenvalue weighted by Gasteiger charge is -2.33. The first-order chi connectivity index (χ1) is 18.5. The van der Waals surface area contributed by atoms with Crippen molar-refractivity contribution in [1.29, 1.82) is 0 Å². The van der Waals surface area contributed by atoms with Crippen molar-refractivity contribution in [3.63, 3.8) is 0 Å². The first-order valence-electron chi connectivity index (χ1n) is 14.4. The number of aliphatic hydroxyl groups is 1. The minimum Gasteiger partial charge on any atom is -0.394 e. The van der Waals surface area contributed by atoms with Gasteiger partial charge < -0.3 is 19.6 Å². The number of hydrogen-bond acceptors (Lipinski definition) is 5. The van der Waals surface area contributed by atoms with Crippen LogP contribution in [0.2, 0.25) is 0 Å². The molecule has 1 N–H and O–H groups in total. The maximum absolute atomic E-state index is 13.5. The van der Waals surface area contributed by atoms with Gasteiger partial charge in [-0.05, 0) is 87.8 Å². The summed E-state index contributed by atoms with van der Waals surface area (Å²) in [5.74, 6) is 0.573. The van der Waals surface area contributed by atoms with Gasteiger partial charge in [0, 0.05) is 37.4 Å². The Labute approximate surface area is 225 Å². The van der Waals surface area contributed by atoms with Crippen molar-refractivity contribution in [1.82, 2.24) is 19.6 Å². The molecule has 38 heavy (non-hydrogen) atoms. The van der Waals surface area contributed by atoms with Gasteiger partial charge in [0.25, 0.3) is 5.91 Å². The van der Waals surface area contributed by atoms with Gasteiger partial charge in [0.05, 0.1) is 19.3 Å². The number of ether oxygens (including phenoxy) is 1. The molecule has 0 unspecified atom stereocenters. The van der Waals surface area contributed by atoms with Crippen molar-refractivity contribution in [2.45, 2.75) is 83.8 Å². The molecule has 0 bridgehead atoms. The number of carbonyl (C=O) groups excluding carboxylic acids is 2. The molecule has 0 atom stereocenters. The third-order valence-corrected chi connectivity index (χ3v) is 8.85. The SMILES string of the molecule is Cc1cccc(C2CCN(C(=O)Cn3nc(C(=O)N4CCC(OCCO)CC4)c4c3CCCC4)CC2)c1C. The molecule has 8 heteroatoms. The van der Waals surface area contributed by atoms with Gasteiger partial charge in [-0.25, -0.2) is 0 Å². The summed E-state index contributed by atoms with van der Waals surface area (Å²) >= 11 is 0. The zero-order chi connectivity index (χ0) is 26.6. The average Bonchev–Trinajstić information content (AvgIpc) is 3.31. The zero-order valence-electron chi connectivity index (χ0n) is 23.0. The van der Waals surface area contributed by atoms with Crippen LogP contribution in [0.5, 0.6) is 0 Å². The van der Waals surface area contributed by atoms with Crippen LogP contribution < -0.4 is 0 Å². The van der Waals surface area contributed by atoms with Gasteiger partial charge in [0.2, 0.25) is 5.91 Å². The molecule has 0 saturated carbocycles. The van der Waals surface area contributed by atoms with Gasteiger partial charge in [-0.15, -0.1) is 0 Å². The molecule has 0 radical (unpaired) electrons. The van der Waals surface area contributed by atoms with E-state index in [-0.39, 0.29) is 31.1 Å². The molecule has 206 valence electrons. The third kappa shape index (κ3) is 5.66. The van der Waals surface area contributed by atoms with Crippen molar-refractivity contribution in [2.75, 3.05) is 39.4 Å². The highest BCUT2D eigenvalue weighted by atomic mass is 16.5. The van der Waals surface area contributed by atoms with Gasteiger partial charge in [-0.3, -0.25) is 14.3 Å². The van der Waals surface area contributed by atoms with Gasteiger partial charge >= 0.3 is 0 Å². The number of nitrogens with zero attached hydrogens (tertiary/aromatic N) is 4. The Kier molecular flexibility index (Phi) is 8.48. The van der Waals surface area contributed by atoms with E-state index in [0.717, 1.165) is 75.7 Å². The fraction of sp³-hybridized carbons (Fsp3) is 0.633. The Bertz CT molecular complexity index is 1140. The van der Waals surface area contributed by atoms with Gasteiger partial charge in [-0.1, -0.05) is 18.2 Å². The molecule has 2 saturated heterocycles. The minimum absolute atomic E-state index is 0.0197. The van der Waals surface area contributed by atoms with Crippen LogP contribution in [0.25, 0.3) is 0 Å². The summed E-state index contributed by atoms with van der Waals surface area (Å²) in [6.45, 7) is 7.72. The van der Waals surface area contributed by atoms with E-state index in [1.165, 1.54) is 16.7 Å². The summed E-state index contributed by atoms with van der Waals surface area (Å²) in [6, 6.07) is 6.54. The molecule has 1 aromatic heterocycles. The first kappa shape index (κ1) is 26.9. The number of carbonyl (C=O) groups is 2. The topological polar surface area (TPSA) is 87.9 Å². The lowest BCUT2D eigenvalue weighted by Crippen LogP contribution is -2.41. The summed E-state index contributed by atoms with van der Waals surface area (Å²) in [7, 11) is 0. The first-order valence-corrected chi connectivity index (χ1v) is 14.4. The van der Waals surface area contributed by atoms with Crippen LogP contribution in [0.3, 0.4) is 0 Å². The van der Waals surface area contributed by atoms with E-state index in [2.05, 4.69) is 32.0 Å². The lowest BCUT2D eigenvalue weighted by atomic mass is 9.85. The molecule has 5 rings (SSSR count). The number of rotatable bonds is 7. The number of aliphatic hydroxyl groups excluding tert-OH is 1. The molecular weight excluding hydrogens is 480 g/mol. The number of hydrogen-bond donors (Lipinski definition) is 1. The molecule has 0 spiro atoms. The van der Waals surface area contributed by atoms with E-state index in [1.807, 2.05) is 14.5 Å². The molecule has 1 aliphatic carbocycles. The molecule has 8 nitrogen and oxygen atoms in total. The number of benzene rings is 1. The van der Waals surface area contributed by atoms with Crippen molar-refractivity contribution in [3.05, 3.63) is 51.8 Å². The fourth-order valence-corrected chi connectivity index (χ4v) is 6.45.